The number of nitrogens with zero attached hydrogens (tertiary/aromatic N) is 1. The van der Waals surface area contributed by atoms with Crippen LogP contribution in [0, 0.1) is 11.8 Å². The van der Waals surface area contributed by atoms with E-state index in [0.29, 0.717) is 22.4 Å². The van der Waals surface area contributed by atoms with Crippen molar-refractivity contribution in [1.82, 2.24) is 5.43 Å². The van der Waals surface area contributed by atoms with Crippen molar-refractivity contribution in [3.8, 4) is 0 Å². The zero-order valence-corrected chi connectivity index (χ0v) is 12.1. The molecule has 1 amide bonds. The summed E-state index contributed by atoms with van der Waals surface area (Å²) in [6, 6.07) is 7.00. The third-order valence-corrected chi connectivity index (χ3v) is 4.02. The van der Waals surface area contributed by atoms with E-state index in [0.717, 1.165) is 18.6 Å². The molecule has 1 aromatic carbocycles. The molecule has 2 atom stereocenters. The number of carbonyl (C=O) groups is 1. The summed E-state index contributed by atoms with van der Waals surface area (Å²) >= 11 is 5.99. The molecule has 102 valence electrons. The summed E-state index contributed by atoms with van der Waals surface area (Å²) in [5.74, 6) is 0.633. The molecule has 0 heterocycles. The highest BCUT2D eigenvalue weighted by Crippen LogP contribution is 2.26. The predicted octanol–water partition coefficient (Wildman–Crippen LogP) is 3.88. The van der Waals surface area contributed by atoms with Crippen molar-refractivity contribution in [3.05, 3.63) is 34.9 Å². The van der Waals surface area contributed by atoms with E-state index in [1.54, 1.807) is 24.3 Å². The van der Waals surface area contributed by atoms with E-state index in [1.165, 1.54) is 6.42 Å². The van der Waals surface area contributed by atoms with Gasteiger partial charge in [0.1, 0.15) is 0 Å². The minimum Gasteiger partial charge on any atom is -0.267 e. The maximum atomic E-state index is 12.0. The van der Waals surface area contributed by atoms with Crippen LogP contribution in [0.3, 0.4) is 0 Å². The van der Waals surface area contributed by atoms with Crippen molar-refractivity contribution in [3.63, 3.8) is 0 Å². The second-order valence-electron chi connectivity index (χ2n) is 5.19. The summed E-state index contributed by atoms with van der Waals surface area (Å²) in [6.45, 7) is 4.33. The third-order valence-electron chi connectivity index (χ3n) is 3.69. The molecule has 0 unspecified atom stereocenters. The highest BCUT2D eigenvalue weighted by molar-refractivity contribution is 6.33. The van der Waals surface area contributed by atoms with Gasteiger partial charge < -0.3 is 0 Å². The van der Waals surface area contributed by atoms with Crippen LogP contribution in [0.1, 0.15) is 43.5 Å². The quantitative estimate of drug-likeness (QED) is 0.820. The SMILES string of the molecule is C[C@@H]1CCC[C@@H](C)C1=NNC(=O)c1ccccc1Cl. The zero-order valence-electron chi connectivity index (χ0n) is 11.3. The van der Waals surface area contributed by atoms with Gasteiger partial charge in [0, 0.05) is 5.71 Å². The lowest BCUT2D eigenvalue weighted by atomic mass is 9.81. The molecule has 0 saturated heterocycles. The molecular weight excluding hydrogens is 260 g/mol. The fraction of sp³-hybridized carbons (Fsp3) is 0.467. The molecular formula is C15H19ClN2O. The van der Waals surface area contributed by atoms with Crippen molar-refractivity contribution in [2.45, 2.75) is 33.1 Å². The molecule has 2 rings (SSSR count). The van der Waals surface area contributed by atoms with E-state index in [1.807, 2.05) is 0 Å². The molecule has 0 aliphatic heterocycles. The van der Waals surface area contributed by atoms with Crippen molar-refractivity contribution < 1.29 is 4.79 Å². The second-order valence-corrected chi connectivity index (χ2v) is 5.60. The number of benzene rings is 1. The van der Waals surface area contributed by atoms with Gasteiger partial charge in [-0.15, -0.1) is 0 Å². The van der Waals surface area contributed by atoms with Crippen molar-refractivity contribution in [2.75, 3.05) is 0 Å². The monoisotopic (exact) mass is 278 g/mol. The van der Waals surface area contributed by atoms with Crippen LogP contribution < -0.4 is 5.43 Å². The first-order valence-corrected chi connectivity index (χ1v) is 7.09. The first-order valence-electron chi connectivity index (χ1n) is 6.72. The van der Waals surface area contributed by atoms with E-state index in [-0.39, 0.29) is 5.91 Å². The van der Waals surface area contributed by atoms with E-state index >= 15 is 0 Å². The summed E-state index contributed by atoms with van der Waals surface area (Å²) in [7, 11) is 0. The minimum atomic E-state index is -0.247. The Hall–Kier alpha value is -1.35. The number of carbonyl (C=O) groups excluding carboxylic acids is 1. The molecule has 3 nitrogen and oxygen atoms in total. The van der Waals surface area contributed by atoms with Crippen LogP contribution in [0.4, 0.5) is 0 Å². The zero-order chi connectivity index (χ0) is 13.8. The molecule has 1 fully saturated rings. The van der Waals surface area contributed by atoms with E-state index < -0.39 is 0 Å². The molecule has 0 spiro atoms. The average molecular weight is 279 g/mol. The van der Waals surface area contributed by atoms with Gasteiger partial charge in [-0.25, -0.2) is 5.43 Å². The van der Waals surface area contributed by atoms with Gasteiger partial charge in [-0.05, 0) is 36.8 Å². The van der Waals surface area contributed by atoms with Crippen LogP contribution in [0.2, 0.25) is 5.02 Å². The van der Waals surface area contributed by atoms with Crippen LogP contribution in [0.15, 0.2) is 29.4 Å². The van der Waals surface area contributed by atoms with E-state index in [2.05, 4.69) is 24.4 Å². The smallest absolute Gasteiger partial charge is 0.267 e. The number of rotatable bonds is 2. The Kier molecular flexibility index (Phi) is 4.59. The fourth-order valence-electron chi connectivity index (χ4n) is 2.55. The Balaban J connectivity index is 2.09. The molecule has 1 N–H and O–H groups in total. The van der Waals surface area contributed by atoms with Gasteiger partial charge in [0.05, 0.1) is 10.6 Å². The Morgan fingerprint density at radius 2 is 1.89 bits per heavy atom. The summed E-state index contributed by atoms with van der Waals surface area (Å²) < 4.78 is 0. The van der Waals surface area contributed by atoms with E-state index in [4.69, 9.17) is 11.6 Å². The highest BCUT2D eigenvalue weighted by Gasteiger charge is 2.23. The number of hydrazone groups is 1. The largest absolute Gasteiger partial charge is 0.272 e. The van der Waals surface area contributed by atoms with Gasteiger partial charge in [0.25, 0.3) is 5.91 Å². The van der Waals surface area contributed by atoms with Gasteiger partial charge in [-0.2, -0.15) is 5.10 Å². The van der Waals surface area contributed by atoms with Crippen LogP contribution in [-0.2, 0) is 0 Å². The van der Waals surface area contributed by atoms with Crippen LogP contribution in [-0.4, -0.2) is 11.6 Å². The normalized spacial score (nSPS) is 23.0. The first kappa shape index (κ1) is 14.1. The molecule has 0 radical (unpaired) electrons. The number of nitrogens with one attached hydrogen (secondary N) is 1. The minimum absolute atomic E-state index is 0.247. The number of hydrogen-bond acceptors (Lipinski definition) is 2. The number of halogens is 1. The van der Waals surface area contributed by atoms with Crippen LogP contribution >= 0.6 is 11.6 Å². The molecule has 1 saturated carbocycles. The molecule has 1 aromatic rings. The summed E-state index contributed by atoms with van der Waals surface area (Å²) in [6.07, 6.45) is 3.52. The molecule has 0 bridgehead atoms. The standard InChI is InChI=1S/C15H19ClN2O/c1-10-6-5-7-11(2)14(10)17-18-15(19)12-8-3-4-9-13(12)16/h3-4,8-11H,5-7H2,1-2H3,(H,18,19)/t10-,11-/m1/s1. The van der Waals surface area contributed by atoms with Crippen LogP contribution in [0.5, 0.6) is 0 Å². The lowest BCUT2D eigenvalue weighted by molar-refractivity contribution is 0.0954. The summed E-state index contributed by atoms with van der Waals surface area (Å²) in [5, 5.41) is 4.77. The third kappa shape index (κ3) is 3.35. The maximum Gasteiger partial charge on any atom is 0.272 e. The van der Waals surface area contributed by atoms with Gasteiger partial charge >= 0.3 is 0 Å². The lowest BCUT2D eigenvalue weighted by Gasteiger charge is -2.26. The predicted molar refractivity (Wildman–Crippen MR) is 78.5 cm³/mol. The Bertz CT molecular complexity index is 487. The van der Waals surface area contributed by atoms with Crippen molar-refractivity contribution in [2.24, 2.45) is 16.9 Å². The molecule has 0 aromatic heterocycles. The van der Waals surface area contributed by atoms with Gasteiger partial charge in [0.15, 0.2) is 0 Å². The summed E-state index contributed by atoms with van der Waals surface area (Å²) in [4.78, 5) is 12.0. The molecule has 1 aliphatic rings. The Morgan fingerprint density at radius 1 is 1.26 bits per heavy atom. The topological polar surface area (TPSA) is 41.5 Å². The molecule has 4 heteroatoms. The average Bonchev–Trinajstić information content (AvgIpc) is 2.38. The van der Waals surface area contributed by atoms with Crippen molar-refractivity contribution >= 4 is 23.2 Å². The molecule has 1 aliphatic carbocycles. The van der Waals surface area contributed by atoms with Crippen molar-refractivity contribution in [1.29, 1.82) is 0 Å². The van der Waals surface area contributed by atoms with Gasteiger partial charge in [-0.1, -0.05) is 44.0 Å². The highest BCUT2D eigenvalue weighted by atomic mass is 35.5. The maximum absolute atomic E-state index is 12.0. The van der Waals surface area contributed by atoms with Gasteiger partial charge in [-0.3, -0.25) is 4.79 Å². The lowest BCUT2D eigenvalue weighted by Crippen LogP contribution is -2.29. The number of amides is 1. The molecule has 19 heavy (non-hydrogen) atoms. The first-order chi connectivity index (χ1) is 9.09. The Morgan fingerprint density at radius 3 is 2.53 bits per heavy atom. The number of hydrogen-bond donors (Lipinski definition) is 1. The van der Waals surface area contributed by atoms with Crippen LogP contribution in [0.25, 0.3) is 0 Å². The fourth-order valence-corrected chi connectivity index (χ4v) is 2.77. The Labute approximate surface area is 119 Å². The van der Waals surface area contributed by atoms with E-state index in [9.17, 15) is 4.79 Å². The van der Waals surface area contributed by atoms with Gasteiger partial charge in [0.2, 0.25) is 0 Å². The second kappa shape index (κ2) is 6.20. The summed E-state index contributed by atoms with van der Waals surface area (Å²) in [5.41, 5.74) is 4.19.